The maximum Gasteiger partial charge on any atom is 0.348 e. The topological polar surface area (TPSA) is 81.0 Å². The SMILES string of the molecule is CC1CCCC(CNc2ncnc(Cl)c2[N+](=O)[O-])C1. The van der Waals surface area contributed by atoms with E-state index in [2.05, 4.69) is 22.2 Å². The van der Waals surface area contributed by atoms with Gasteiger partial charge in [-0.1, -0.05) is 31.4 Å². The van der Waals surface area contributed by atoms with E-state index in [-0.39, 0.29) is 16.7 Å². The first kappa shape index (κ1) is 14.0. The molecule has 1 aromatic rings. The number of nitrogens with one attached hydrogen (secondary N) is 1. The maximum atomic E-state index is 10.9. The van der Waals surface area contributed by atoms with Gasteiger partial charge in [-0.05, 0) is 24.7 Å². The van der Waals surface area contributed by atoms with Crippen molar-refractivity contribution in [1.29, 1.82) is 0 Å². The van der Waals surface area contributed by atoms with Gasteiger partial charge in [0.05, 0.1) is 4.92 Å². The van der Waals surface area contributed by atoms with Crippen LogP contribution in [-0.4, -0.2) is 21.4 Å². The van der Waals surface area contributed by atoms with E-state index in [0.29, 0.717) is 12.5 Å². The molecule has 0 aliphatic heterocycles. The van der Waals surface area contributed by atoms with Gasteiger partial charge >= 0.3 is 5.69 Å². The van der Waals surface area contributed by atoms with Crippen LogP contribution in [0, 0.1) is 22.0 Å². The highest BCUT2D eigenvalue weighted by Crippen LogP contribution is 2.31. The van der Waals surface area contributed by atoms with Crippen LogP contribution in [0.1, 0.15) is 32.6 Å². The fourth-order valence-corrected chi connectivity index (χ4v) is 2.84. The van der Waals surface area contributed by atoms with Crippen LogP contribution in [0.25, 0.3) is 0 Å². The van der Waals surface area contributed by atoms with Crippen LogP contribution in [0.3, 0.4) is 0 Å². The second-order valence-corrected chi connectivity index (χ2v) is 5.50. The average Bonchev–Trinajstić information content (AvgIpc) is 2.36. The Morgan fingerprint density at radius 3 is 3.00 bits per heavy atom. The van der Waals surface area contributed by atoms with Crippen LogP contribution in [0.15, 0.2) is 6.33 Å². The minimum atomic E-state index is -0.547. The third-order valence-electron chi connectivity index (χ3n) is 3.56. The number of hydrogen-bond donors (Lipinski definition) is 1. The van der Waals surface area contributed by atoms with Crippen molar-refractivity contribution in [3.8, 4) is 0 Å². The molecule has 104 valence electrons. The lowest BCUT2D eigenvalue weighted by Crippen LogP contribution is -2.21. The first-order chi connectivity index (χ1) is 9.08. The van der Waals surface area contributed by atoms with Crippen molar-refractivity contribution in [3.63, 3.8) is 0 Å². The predicted octanol–water partition coefficient (Wildman–Crippen LogP) is 3.28. The molecule has 2 unspecified atom stereocenters. The third kappa shape index (κ3) is 3.53. The summed E-state index contributed by atoms with van der Waals surface area (Å²) < 4.78 is 0. The van der Waals surface area contributed by atoms with Gasteiger partial charge in [-0.15, -0.1) is 0 Å². The van der Waals surface area contributed by atoms with Gasteiger partial charge < -0.3 is 5.32 Å². The molecule has 1 aromatic heterocycles. The number of rotatable bonds is 4. The van der Waals surface area contributed by atoms with E-state index in [1.807, 2.05) is 0 Å². The molecule has 1 saturated carbocycles. The van der Waals surface area contributed by atoms with Crippen molar-refractivity contribution in [2.45, 2.75) is 32.6 Å². The van der Waals surface area contributed by atoms with Gasteiger partial charge in [0.1, 0.15) is 6.33 Å². The number of anilines is 1. The van der Waals surface area contributed by atoms with Gasteiger partial charge in [0.15, 0.2) is 0 Å². The summed E-state index contributed by atoms with van der Waals surface area (Å²) in [5.74, 6) is 1.48. The summed E-state index contributed by atoms with van der Waals surface area (Å²) in [4.78, 5) is 18.0. The summed E-state index contributed by atoms with van der Waals surface area (Å²) in [5.41, 5.74) is -0.243. The van der Waals surface area contributed by atoms with E-state index in [0.717, 1.165) is 18.8 Å². The Labute approximate surface area is 116 Å². The van der Waals surface area contributed by atoms with Crippen LogP contribution in [0.5, 0.6) is 0 Å². The Balaban J connectivity index is 2.03. The van der Waals surface area contributed by atoms with Crippen molar-refractivity contribution in [2.75, 3.05) is 11.9 Å². The highest BCUT2D eigenvalue weighted by Gasteiger charge is 2.23. The second-order valence-electron chi connectivity index (χ2n) is 5.14. The van der Waals surface area contributed by atoms with Crippen LogP contribution >= 0.6 is 11.6 Å². The molecular weight excluding hydrogens is 268 g/mol. The second kappa shape index (κ2) is 6.14. The number of hydrogen-bond acceptors (Lipinski definition) is 5. The number of aromatic nitrogens is 2. The first-order valence-electron chi connectivity index (χ1n) is 6.46. The zero-order valence-corrected chi connectivity index (χ0v) is 11.6. The molecular formula is C12H17ClN4O2. The van der Waals surface area contributed by atoms with E-state index in [1.54, 1.807) is 0 Å². The average molecular weight is 285 g/mol. The molecule has 19 heavy (non-hydrogen) atoms. The van der Waals surface area contributed by atoms with E-state index >= 15 is 0 Å². The van der Waals surface area contributed by atoms with Gasteiger partial charge in [-0.2, -0.15) is 0 Å². The molecule has 0 aromatic carbocycles. The number of halogens is 1. The Bertz CT molecular complexity index is 469. The number of nitrogens with zero attached hydrogens (tertiary/aromatic N) is 3. The molecule has 1 N–H and O–H groups in total. The fourth-order valence-electron chi connectivity index (χ4n) is 2.63. The van der Waals surface area contributed by atoms with Gasteiger partial charge in [0, 0.05) is 6.54 Å². The standard InChI is InChI=1S/C12H17ClN4O2/c1-8-3-2-4-9(5-8)6-14-12-10(17(18)19)11(13)15-7-16-12/h7-9H,2-6H2,1H3,(H,14,15,16). The summed E-state index contributed by atoms with van der Waals surface area (Å²) in [7, 11) is 0. The fraction of sp³-hybridized carbons (Fsp3) is 0.667. The molecule has 1 fully saturated rings. The number of nitro groups is 1. The molecule has 0 spiro atoms. The van der Waals surface area contributed by atoms with Crippen molar-refractivity contribution in [2.24, 2.45) is 11.8 Å². The Hall–Kier alpha value is -1.43. The van der Waals surface area contributed by atoms with Crippen LogP contribution < -0.4 is 5.32 Å². The molecule has 2 atom stereocenters. The molecule has 0 radical (unpaired) electrons. The zero-order valence-electron chi connectivity index (χ0n) is 10.8. The molecule has 7 heteroatoms. The van der Waals surface area contributed by atoms with Crippen LogP contribution in [0.4, 0.5) is 11.5 Å². The highest BCUT2D eigenvalue weighted by molar-refractivity contribution is 6.31. The molecule has 6 nitrogen and oxygen atoms in total. The lowest BCUT2D eigenvalue weighted by atomic mass is 9.82. The quantitative estimate of drug-likeness (QED) is 0.521. The Morgan fingerprint density at radius 2 is 2.32 bits per heavy atom. The van der Waals surface area contributed by atoms with Gasteiger partial charge in [0.2, 0.25) is 11.0 Å². The highest BCUT2D eigenvalue weighted by atomic mass is 35.5. The first-order valence-corrected chi connectivity index (χ1v) is 6.84. The summed E-state index contributed by atoms with van der Waals surface area (Å²) >= 11 is 5.74. The van der Waals surface area contributed by atoms with Gasteiger partial charge in [-0.3, -0.25) is 10.1 Å². The van der Waals surface area contributed by atoms with E-state index in [9.17, 15) is 10.1 Å². The Kier molecular flexibility index (Phi) is 4.52. The minimum Gasteiger partial charge on any atom is -0.364 e. The molecule has 1 aliphatic carbocycles. The van der Waals surface area contributed by atoms with Crippen molar-refractivity contribution in [3.05, 3.63) is 21.6 Å². The van der Waals surface area contributed by atoms with Crippen molar-refractivity contribution >= 4 is 23.1 Å². The lowest BCUT2D eigenvalue weighted by molar-refractivity contribution is -0.384. The van der Waals surface area contributed by atoms with Crippen LogP contribution in [-0.2, 0) is 0 Å². The molecule has 0 bridgehead atoms. The van der Waals surface area contributed by atoms with Crippen LogP contribution in [0.2, 0.25) is 5.15 Å². The van der Waals surface area contributed by atoms with Gasteiger partial charge in [0.25, 0.3) is 0 Å². The molecule has 0 amide bonds. The smallest absolute Gasteiger partial charge is 0.348 e. The third-order valence-corrected chi connectivity index (χ3v) is 3.84. The summed E-state index contributed by atoms with van der Waals surface area (Å²) in [6.45, 7) is 2.94. The monoisotopic (exact) mass is 284 g/mol. The lowest BCUT2D eigenvalue weighted by Gasteiger charge is -2.26. The molecule has 0 saturated heterocycles. The van der Waals surface area contributed by atoms with Crippen molar-refractivity contribution < 1.29 is 4.92 Å². The molecule has 1 aliphatic rings. The van der Waals surface area contributed by atoms with Gasteiger partial charge in [-0.25, -0.2) is 9.97 Å². The molecule has 1 heterocycles. The summed E-state index contributed by atoms with van der Waals surface area (Å²) in [6.07, 6.45) is 6.04. The molecule has 2 rings (SSSR count). The maximum absolute atomic E-state index is 10.9. The summed E-state index contributed by atoms with van der Waals surface area (Å²) in [6, 6.07) is 0. The minimum absolute atomic E-state index is 0.125. The normalized spacial score (nSPS) is 23.1. The largest absolute Gasteiger partial charge is 0.364 e. The zero-order chi connectivity index (χ0) is 13.8. The van der Waals surface area contributed by atoms with E-state index in [4.69, 9.17) is 11.6 Å². The van der Waals surface area contributed by atoms with E-state index in [1.165, 1.54) is 19.2 Å². The summed E-state index contributed by atoms with van der Waals surface area (Å²) in [5, 5.41) is 13.9. The van der Waals surface area contributed by atoms with E-state index < -0.39 is 4.92 Å². The predicted molar refractivity (Wildman–Crippen MR) is 73.3 cm³/mol. The Morgan fingerprint density at radius 1 is 1.53 bits per heavy atom. The van der Waals surface area contributed by atoms with Crippen molar-refractivity contribution in [1.82, 2.24) is 9.97 Å².